The van der Waals surface area contributed by atoms with Crippen LogP contribution in [-0.2, 0) is 9.53 Å². The molecule has 3 nitrogen and oxygen atoms in total. The highest BCUT2D eigenvalue weighted by atomic mass is 35.5. The number of hydrogen-bond acceptors (Lipinski definition) is 4. The molecule has 2 aromatic rings. The largest absolute Gasteiger partial charge is 0.468 e. The quantitative estimate of drug-likeness (QED) is 0.215. The van der Waals surface area contributed by atoms with Crippen LogP contribution < -0.4 is 0 Å². The monoisotopic (exact) mass is 462 g/mol. The lowest BCUT2D eigenvalue weighted by Crippen LogP contribution is -2.13. The third-order valence-electron chi connectivity index (χ3n) is 3.79. The summed E-state index contributed by atoms with van der Waals surface area (Å²) in [6.07, 6.45) is -4.26. The molecule has 0 aliphatic rings. The first-order valence-electron chi connectivity index (χ1n) is 8.11. The number of esters is 1. The van der Waals surface area contributed by atoms with Gasteiger partial charge in [0.25, 0.3) is 0 Å². The maximum atomic E-state index is 13.5. The number of carbonyl (C=O) groups excluding carboxylic acids is 2. The van der Waals surface area contributed by atoms with Gasteiger partial charge in [0.2, 0.25) is 0 Å². The van der Waals surface area contributed by atoms with Gasteiger partial charge in [-0.05, 0) is 60.5 Å². The molecule has 9 heteroatoms. The maximum Gasteiger partial charge on any atom is 0.417 e. The maximum absolute atomic E-state index is 13.5. The van der Waals surface area contributed by atoms with E-state index in [-0.39, 0.29) is 26.9 Å². The Balaban J connectivity index is 2.36. The van der Waals surface area contributed by atoms with Gasteiger partial charge in [0.15, 0.2) is 5.78 Å². The summed E-state index contributed by atoms with van der Waals surface area (Å²) in [6, 6.07) is 7.95. The lowest BCUT2D eigenvalue weighted by molar-refractivity contribution is -0.137. The number of allylic oxidation sites excluding steroid dienone is 2. The fourth-order valence-electron chi connectivity index (χ4n) is 2.41. The number of ether oxygens (including phenoxy) is 1. The molecule has 0 fully saturated rings. The Bertz CT molecular complexity index is 952. The van der Waals surface area contributed by atoms with E-state index in [0.29, 0.717) is 16.5 Å². The van der Waals surface area contributed by atoms with E-state index in [2.05, 4.69) is 4.74 Å². The second-order valence-electron chi connectivity index (χ2n) is 5.92. The van der Waals surface area contributed by atoms with Crippen molar-refractivity contribution in [3.63, 3.8) is 0 Å². The topological polar surface area (TPSA) is 43.4 Å². The molecule has 0 N–H and O–H groups in total. The van der Waals surface area contributed by atoms with Crippen LogP contribution in [0.4, 0.5) is 13.2 Å². The molecule has 0 saturated carbocycles. The number of hydrogen-bond donors (Lipinski definition) is 0. The molecule has 0 unspecified atom stereocenters. The summed E-state index contributed by atoms with van der Waals surface area (Å²) in [6.45, 7) is 1.70. The van der Waals surface area contributed by atoms with Crippen LogP contribution in [0.1, 0.15) is 21.5 Å². The SMILES string of the molecule is COC(=O)CSc1ccc(C(=O)/C=C(\c2cc(Cl)cc(Cl)c2)C(F)(F)F)cc1C. The predicted molar refractivity (Wildman–Crippen MR) is 109 cm³/mol. The van der Waals surface area contributed by atoms with Crippen molar-refractivity contribution in [3.8, 4) is 0 Å². The van der Waals surface area contributed by atoms with E-state index >= 15 is 0 Å². The number of carbonyl (C=O) groups is 2. The van der Waals surface area contributed by atoms with Gasteiger partial charge in [0.05, 0.1) is 18.4 Å². The van der Waals surface area contributed by atoms with Gasteiger partial charge in [-0.3, -0.25) is 9.59 Å². The normalized spacial score (nSPS) is 12.0. The molecule has 0 aliphatic carbocycles. The van der Waals surface area contributed by atoms with Crippen LogP contribution in [0.25, 0.3) is 5.57 Å². The summed E-state index contributed by atoms with van der Waals surface area (Å²) in [4.78, 5) is 24.5. The zero-order chi connectivity index (χ0) is 21.8. The Labute approximate surface area is 179 Å². The van der Waals surface area contributed by atoms with Crippen LogP contribution in [0.15, 0.2) is 47.4 Å². The minimum atomic E-state index is -4.78. The van der Waals surface area contributed by atoms with Crippen molar-refractivity contribution in [2.45, 2.75) is 18.0 Å². The Morgan fingerprint density at radius 3 is 2.21 bits per heavy atom. The summed E-state index contributed by atoms with van der Waals surface area (Å²) < 4.78 is 45.2. The minimum Gasteiger partial charge on any atom is -0.468 e. The van der Waals surface area contributed by atoms with Gasteiger partial charge in [0, 0.05) is 20.5 Å². The molecule has 0 heterocycles. The standard InChI is InChI=1S/C20H15Cl2F3O3S/c1-11-5-12(3-4-18(11)29-10-19(27)28-2)17(26)9-16(20(23,24)25)13-6-14(21)8-15(22)7-13/h3-9H,10H2,1-2H3/b16-9+. The third-order valence-corrected chi connectivity index (χ3v) is 5.37. The first-order chi connectivity index (χ1) is 13.5. The molecule has 0 bridgehead atoms. The lowest BCUT2D eigenvalue weighted by Gasteiger charge is -2.13. The highest BCUT2D eigenvalue weighted by Gasteiger charge is 2.35. The van der Waals surface area contributed by atoms with Gasteiger partial charge in [-0.25, -0.2) is 0 Å². The summed E-state index contributed by atoms with van der Waals surface area (Å²) in [5.74, 6) is -1.15. The van der Waals surface area contributed by atoms with E-state index in [1.807, 2.05) is 0 Å². The molecular weight excluding hydrogens is 448 g/mol. The van der Waals surface area contributed by atoms with Crippen molar-refractivity contribution < 1.29 is 27.5 Å². The Hall–Kier alpha value is -1.96. The highest BCUT2D eigenvalue weighted by molar-refractivity contribution is 8.00. The molecule has 0 aromatic heterocycles. The number of rotatable bonds is 6. The summed E-state index contributed by atoms with van der Waals surface area (Å²) >= 11 is 12.8. The van der Waals surface area contributed by atoms with Crippen LogP contribution in [-0.4, -0.2) is 30.8 Å². The van der Waals surface area contributed by atoms with Gasteiger partial charge in [-0.1, -0.05) is 23.2 Å². The number of ketones is 1. The van der Waals surface area contributed by atoms with Crippen LogP contribution in [0, 0.1) is 6.92 Å². The molecule has 29 heavy (non-hydrogen) atoms. The number of aryl methyl sites for hydroxylation is 1. The minimum absolute atomic E-state index is 0.0259. The Morgan fingerprint density at radius 1 is 1.07 bits per heavy atom. The average molecular weight is 463 g/mol. The molecule has 0 amide bonds. The van der Waals surface area contributed by atoms with Crippen molar-refractivity contribution in [3.05, 3.63) is 69.2 Å². The second-order valence-corrected chi connectivity index (χ2v) is 7.81. The van der Waals surface area contributed by atoms with Crippen LogP contribution >= 0.6 is 35.0 Å². The van der Waals surface area contributed by atoms with E-state index in [4.69, 9.17) is 23.2 Å². The first kappa shape index (κ1) is 23.3. The van der Waals surface area contributed by atoms with Crippen molar-refractivity contribution in [1.29, 1.82) is 0 Å². The van der Waals surface area contributed by atoms with Gasteiger partial charge in [0.1, 0.15) is 0 Å². The molecule has 0 aliphatic heterocycles. The molecule has 154 valence electrons. The Kier molecular flexibility index (Phi) is 7.80. The third kappa shape index (κ3) is 6.52. The summed E-state index contributed by atoms with van der Waals surface area (Å²) in [7, 11) is 1.27. The number of benzene rings is 2. The number of methoxy groups -OCH3 is 1. The van der Waals surface area contributed by atoms with Crippen molar-refractivity contribution in [2.24, 2.45) is 0 Å². The second kappa shape index (κ2) is 9.69. The highest BCUT2D eigenvalue weighted by Crippen LogP contribution is 2.36. The van der Waals surface area contributed by atoms with Crippen molar-refractivity contribution >= 4 is 52.3 Å². The zero-order valence-electron chi connectivity index (χ0n) is 15.3. The fraction of sp³-hybridized carbons (Fsp3) is 0.200. The van der Waals surface area contributed by atoms with Gasteiger partial charge < -0.3 is 4.74 Å². The van der Waals surface area contributed by atoms with Crippen LogP contribution in [0.3, 0.4) is 0 Å². The number of halogens is 5. The number of thioether (sulfide) groups is 1. The van der Waals surface area contributed by atoms with Crippen molar-refractivity contribution in [2.75, 3.05) is 12.9 Å². The molecule has 0 saturated heterocycles. The molecule has 2 aromatic carbocycles. The summed E-state index contributed by atoms with van der Waals surface area (Å²) in [5.41, 5.74) is -0.712. The van der Waals surface area contributed by atoms with E-state index < -0.39 is 23.5 Å². The van der Waals surface area contributed by atoms with Gasteiger partial charge in [-0.15, -0.1) is 11.8 Å². The number of alkyl halides is 3. The molecule has 0 atom stereocenters. The van der Waals surface area contributed by atoms with Crippen LogP contribution in [0.2, 0.25) is 10.0 Å². The molecule has 0 radical (unpaired) electrons. The molecule has 0 spiro atoms. The lowest BCUT2D eigenvalue weighted by atomic mass is 10.0. The van der Waals surface area contributed by atoms with E-state index in [1.54, 1.807) is 13.0 Å². The fourth-order valence-corrected chi connectivity index (χ4v) is 3.78. The Morgan fingerprint density at radius 2 is 1.69 bits per heavy atom. The van der Waals surface area contributed by atoms with Gasteiger partial charge in [-0.2, -0.15) is 13.2 Å². The molecule has 2 rings (SSSR count). The summed E-state index contributed by atoms with van der Waals surface area (Å²) in [5, 5.41) is 0.0517. The molecular formula is C20H15Cl2F3O3S. The van der Waals surface area contributed by atoms with E-state index in [1.165, 1.54) is 37.1 Å². The van der Waals surface area contributed by atoms with Crippen LogP contribution in [0.5, 0.6) is 0 Å². The van der Waals surface area contributed by atoms with E-state index in [9.17, 15) is 22.8 Å². The van der Waals surface area contributed by atoms with Gasteiger partial charge >= 0.3 is 12.1 Å². The predicted octanol–water partition coefficient (Wildman–Crippen LogP) is 6.40. The van der Waals surface area contributed by atoms with E-state index in [0.717, 1.165) is 12.1 Å². The zero-order valence-corrected chi connectivity index (χ0v) is 17.6. The average Bonchev–Trinajstić information content (AvgIpc) is 2.62. The smallest absolute Gasteiger partial charge is 0.417 e. The van der Waals surface area contributed by atoms with Crippen molar-refractivity contribution in [1.82, 2.24) is 0 Å². The first-order valence-corrected chi connectivity index (χ1v) is 9.85.